The van der Waals surface area contributed by atoms with Crippen LogP contribution in [0.1, 0.15) is 41.8 Å². The standard InChI is InChI=1S/C26H25ClFN3O4S2/c1-26(33,13-32)15-7-8-30-22(10-15)17-4-2-3-14-9-23(36-25(14)17)24(31-37(34,35)16-5-6-16)18-11-21(29)20(28)12-19(18)27/h2-4,7-12,16,24,31-33H,5-6,13,29H2,1H3/t24-,26?/m1/s1. The van der Waals surface area contributed by atoms with Crippen LogP contribution in [0.5, 0.6) is 0 Å². The zero-order valence-corrected chi connectivity index (χ0v) is 22.2. The lowest BCUT2D eigenvalue weighted by Crippen LogP contribution is -2.32. The van der Waals surface area contributed by atoms with Gasteiger partial charge in [0.25, 0.3) is 0 Å². The number of fused-ring (bicyclic) bond motifs is 1. The molecule has 5 N–H and O–H groups in total. The van der Waals surface area contributed by atoms with E-state index in [1.165, 1.54) is 24.3 Å². The molecule has 2 aromatic carbocycles. The topological polar surface area (TPSA) is 126 Å². The first-order valence-electron chi connectivity index (χ1n) is 11.6. The van der Waals surface area contributed by atoms with E-state index in [1.807, 2.05) is 24.3 Å². The van der Waals surface area contributed by atoms with Crippen LogP contribution in [-0.4, -0.2) is 35.5 Å². The molecular formula is C26H25ClFN3O4S2. The molecule has 2 aromatic heterocycles. The minimum atomic E-state index is -3.65. The molecule has 0 amide bonds. The third kappa shape index (κ3) is 5.09. The van der Waals surface area contributed by atoms with Crippen molar-refractivity contribution in [1.29, 1.82) is 0 Å². The fourth-order valence-corrected chi connectivity index (χ4v) is 7.27. The highest BCUT2D eigenvalue weighted by atomic mass is 35.5. The summed E-state index contributed by atoms with van der Waals surface area (Å²) in [6.45, 7) is 1.07. The van der Waals surface area contributed by atoms with Crippen molar-refractivity contribution in [2.24, 2.45) is 0 Å². The highest BCUT2D eigenvalue weighted by molar-refractivity contribution is 7.90. The third-order valence-electron chi connectivity index (χ3n) is 6.49. The van der Waals surface area contributed by atoms with Crippen molar-refractivity contribution < 1.29 is 23.0 Å². The highest BCUT2D eigenvalue weighted by Crippen LogP contribution is 2.42. The molecule has 0 aliphatic heterocycles. The summed E-state index contributed by atoms with van der Waals surface area (Å²) < 4.78 is 43.6. The second-order valence-corrected chi connectivity index (χ2v) is 12.9. The fraction of sp³-hybridized carbons (Fsp3) is 0.269. The van der Waals surface area contributed by atoms with Gasteiger partial charge in [-0.1, -0.05) is 29.8 Å². The maximum absolute atomic E-state index is 14.1. The SMILES string of the molecule is CC(O)(CO)c1ccnc(-c2cccc3cc([C@H](NS(=O)(=O)C4CC4)c4cc(N)c(F)cc4Cl)sc23)c1. The molecule has 1 fully saturated rings. The van der Waals surface area contributed by atoms with Gasteiger partial charge in [-0.25, -0.2) is 17.5 Å². The van der Waals surface area contributed by atoms with E-state index in [1.54, 1.807) is 18.3 Å². The molecular weight excluding hydrogens is 537 g/mol. The lowest BCUT2D eigenvalue weighted by Gasteiger charge is -2.21. The van der Waals surface area contributed by atoms with E-state index in [9.17, 15) is 23.0 Å². The summed E-state index contributed by atoms with van der Waals surface area (Å²) in [5, 5.41) is 20.5. The van der Waals surface area contributed by atoms with Crippen LogP contribution in [0.2, 0.25) is 5.02 Å². The van der Waals surface area contributed by atoms with Crippen LogP contribution in [0.15, 0.2) is 54.7 Å². The Bertz CT molecular complexity index is 1600. The molecule has 0 radical (unpaired) electrons. The van der Waals surface area contributed by atoms with Crippen molar-refractivity contribution in [3.8, 4) is 11.3 Å². The van der Waals surface area contributed by atoms with E-state index in [4.69, 9.17) is 17.3 Å². The van der Waals surface area contributed by atoms with Crippen molar-refractivity contribution in [3.63, 3.8) is 0 Å². The first-order chi connectivity index (χ1) is 17.5. The molecule has 194 valence electrons. The molecule has 2 atom stereocenters. The fourth-order valence-electron chi connectivity index (χ4n) is 4.15. The lowest BCUT2D eigenvalue weighted by molar-refractivity contribution is -0.00230. The molecule has 1 saturated carbocycles. The van der Waals surface area contributed by atoms with E-state index in [0.29, 0.717) is 34.5 Å². The zero-order valence-electron chi connectivity index (χ0n) is 19.8. The average molecular weight is 562 g/mol. The molecule has 11 heteroatoms. The number of nitrogen functional groups attached to an aromatic ring is 1. The summed E-state index contributed by atoms with van der Waals surface area (Å²) in [5.74, 6) is -0.680. The number of aromatic nitrogens is 1. The summed E-state index contributed by atoms with van der Waals surface area (Å²) in [6, 6.07) is 12.5. The van der Waals surface area contributed by atoms with Crippen LogP contribution >= 0.6 is 22.9 Å². The van der Waals surface area contributed by atoms with Gasteiger partial charge in [-0.3, -0.25) is 4.98 Å². The predicted octanol–water partition coefficient (Wildman–Crippen LogP) is 4.71. The summed E-state index contributed by atoms with van der Waals surface area (Å²) in [6.07, 6.45) is 2.73. The van der Waals surface area contributed by atoms with Crippen molar-refractivity contribution in [2.45, 2.75) is 36.7 Å². The minimum Gasteiger partial charge on any atom is -0.396 e. The van der Waals surface area contributed by atoms with E-state index in [0.717, 1.165) is 21.7 Å². The summed E-state index contributed by atoms with van der Waals surface area (Å²) in [5.41, 5.74) is 6.49. The Hall–Kier alpha value is -2.60. The van der Waals surface area contributed by atoms with Gasteiger partial charge in [0.1, 0.15) is 11.4 Å². The van der Waals surface area contributed by atoms with Crippen LogP contribution in [0.4, 0.5) is 10.1 Å². The number of pyridine rings is 1. The monoisotopic (exact) mass is 561 g/mol. The number of nitrogens with zero attached hydrogens (tertiary/aromatic N) is 1. The smallest absolute Gasteiger partial charge is 0.215 e. The van der Waals surface area contributed by atoms with Crippen molar-refractivity contribution in [1.82, 2.24) is 9.71 Å². The molecule has 37 heavy (non-hydrogen) atoms. The molecule has 4 aromatic rings. The van der Waals surface area contributed by atoms with Gasteiger partial charge in [0.2, 0.25) is 10.0 Å². The summed E-state index contributed by atoms with van der Waals surface area (Å²) in [7, 11) is -3.65. The van der Waals surface area contributed by atoms with E-state index in [2.05, 4.69) is 9.71 Å². The predicted molar refractivity (Wildman–Crippen MR) is 144 cm³/mol. The van der Waals surface area contributed by atoms with Gasteiger partial charge in [-0.05, 0) is 66.6 Å². The first-order valence-corrected chi connectivity index (χ1v) is 14.3. The number of aliphatic hydroxyl groups is 2. The Labute approximate surface area is 222 Å². The third-order valence-corrected chi connectivity index (χ3v) is 9.98. The largest absolute Gasteiger partial charge is 0.396 e. The Morgan fingerprint density at radius 2 is 2.03 bits per heavy atom. The maximum Gasteiger partial charge on any atom is 0.215 e. The van der Waals surface area contributed by atoms with Crippen LogP contribution in [-0.2, 0) is 15.6 Å². The number of hydrogen-bond acceptors (Lipinski definition) is 7. The quantitative estimate of drug-likeness (QED) is 0.231. The van der Waals surface area contributed by atoms with Gasteiger partial charge in [0.15, 0.2) is 0 Å². The number of hydrogen-bond donors (Lipinski definition) is 4. The van der Waals surface area contributed by atoms with Crippen LogP contribution in [0, 0.1) is 5.82 Å². The van der Waals surface area contributed by atoms with Crippen LogP contribution in [0.25, 0.3) is 21.3 Å². The second kappa shape index (κ2) is 9.61. The number of nitrogens with two attached hydrogens (primary N) is 1. The van der Waals surface area contributed by atoms with Gasteiger partial charge in [-0.15, -0.1) is 11.3 Å². The van der Waals surface area contributed by atoms with Crippen LogP contribution < -0.4 is 10.5 Å². The number of benzene rings is 2. The number of anilines is 1. The Balaban J connectivity index is 1.65. The first kappa shape index (κ1) is 26.0. The Kier molecular flexibility index (Phi) is 6.76. The molecule has 7 nitrogen and oxygen atoms in total. The molecule has 0 spiro atoms. The molecule has 5 rings (SSSR count). The lowest BCUT2D eigenvalue weighted by atomic mass is 9.96. The van der Waals surface area contributed by atoms with E-state index in [-0.39, 0.29) is 10.7 Å². The normalized spacial score (nSPS) is 16.6. The molecule has 0 saturated heterocycles. The highest BCUT2D eigenvalue weighted by Gasteiger charge is 2.38. The maximum atomic E-state index is 14.1. The van der Waals surface area contributed by atoms with Crippen molar-refractivity contribution in [2.75, 3.05) is 12.3 Å². The number of nitrogens with one attached hydrogen (secondary N) is 1. The number of aliphatic hydroxyl groups excluding tert-OH is 1. The molecule has 1 aliphatic carbocycles. The number of thiophene rings is 1. The average Bonchev–Trinajstić information content (AvgIpc) is 3.65. The van der Waals surface area contributed by atoms with Crippen molar-refractivity contribution in [3.05, 3.63) is 81.6 Å². The van der Waals surface area contributed by atoms with Crippen molar-refractivity contribution >= 4 is 48.7 Å². The summed E-state index contributed by atoms with van der Waals surface area (Å²) in [4.78, 5) is 5.12. The molecule has 2 heterocycles. The van der Waals surface area contributed by atoms with Gasteiger partial charge in [0, 0.05) is 26.4 Å². The number of halogens is 2. The Morgan fingerprint density at radius 1 is 1.27 bits per heavy atom. The van der Waals surface area contributed by atoms with E-state index >= 15 is 0 Å². The van der Waals surface area contributed by atoms with Gasteiger partial charge in [0.05, 0.1) is 29.3 Å². The minimum absolute atomic E-state index is 0.0634. The molecule has 1 unspecified atom stereocenters. The van der Waals surface area contributed by atoms with Gasteiger partial charge >= 0.3 is 0 Å². The second-order valence-electron chi connectivity index (χ2n) is 9.42. The molecule has 1 aliphatic rings. The number of sulfonamides is 1. The van der Waals surface area contributed by atoms with Crippen LogP contribution in [0.3, 0.4) is 0 Å². The molecule has 0 bridgehead atoms. The van der Waals surface area contributed by atoms with E-state index < -0.39 is 39.3 Å². The summed E-state index contributed by atoms with van der Waals surface area (Å²) >= 11 is 7.75. The zero-order chi connectivity index (χ0) is 26.5. The Morgan fingerprint density at radius 3 is 2.73 bits per heavy atom. The van der Waals surface area contributed by atoms with Gasteiger partial charge in [-0.2, -0.15) is 0 Å². The van der Waals surface area contributed by atoms with Gasteiger partial charge < -0.3 is 15.9 Å². The number of rotatable bonds is 8.